The van der Waals surface area contributed by atoms with Gasteiger partial charge in [0.15, 0.2) is 0 Å². The predicted molar refractivity (Wildman–Crippen MR) is 85.6 cm³/mol. The van der Waals surface area contributed by atoms with Gasteiger partial charge in [0.2, 0.25) is 5.91 Å². The van der Waals surface area contributed by atoms with E-state index in [0.29, 0.717) is 18.4 Å². The number of hydrogen-bond acceptors (Lipinski definition) is 4. The molecular weight excluding hydrogens is 284 g/mol. The summed E-state index contributed by atoms with van der Waals surface area (Å²) >= 11 is 1.66. The van der Waals surface area contributed by atoms with E-state index < -0.39 is 0 Å². The van der Waals surface area contributed by atoms with Crippen LogP contribution < -0.4 is 0 Å². The Bertz CT molecular complexity index is 447. The molecule has 1 fully saturated rings. The topological polar surface area (TPSA) is 42.4 Å². The van der Waals surface area contributed by atoms with Crippen LogP contribution in [0.5, 0.6) is 0 Å². The number of aromatic nitrogens is 1. The number of hydrogen-bond donors (Lipinski definition) is 0. The molecule has 118 valence electrons. The van der Waals surface area contributed by atoms with Gasteiger partial charge in [0, 0.05) is 37.6 Å². The summed E-state index contributed by atoms with van der Waals surface area (Å²) in [7, 11) is 1.74. The van der Waals surface area contributed by atoms with Gasteiger partial charge in [0.25, 0.3) is 0 Å². The normalized spacial score (nSPS) is 19.0. The Balaban J connectivity index is 1.84. The van der Waals surface area contributed by atoms with Gasteiger partial charge in [-0.1, -0.05) is 0 Å². The molecule has 1 aromatic heterocycles. The molecule has 1 atom stereocenters. The number of rotatable bonds is 7. The number of likely N-dealkylation sites (tertiary alicyclic amines) is 1. The summed E-state index contributed by atoms with van der Waals surface area (Å²) in [4.78, 5) is 20.1. The molecule has 0 saturated carbocycles. The molecule has 2 heterocycles. The Hall–Kier alpha value is -0.940. The minimum Gasteiger partial charge on any atom is -0.385 e. The lowest BCUT2D eigenvalue weighted by Crippen LogP contribution is -2.43. The average molecular weight is 310 g/mol. The Labute approximate surface area is 131 Å². The van der Waals surface area contributed by atoms with E-state index in [1.54, 1.807) is 18.4 Å². The van der Waals surface area contributed by atoms with Crippen LogP contribution in [0.1, 0.15) is 49.1 Å². The van der Waals surface area contributed by atoms with Gasteiger partial charge < -0.3 is 9.64 Å². The third kappa shape index (κ3) is 4.78. The summed E-state index contributed by atoms with van der Waals surface area (Å²) in [5.41, 5.74) is 2.94. The largest absolute Gasteiger partial charge is 0.385 e. The van der Waals surface area contributed by atoms with E-state index in [4.69, 9.17) is 4.74 Å². The van der Waals surface area contributed by atoms with Gasteiger partial charge in [-0.2, -0.15) is 0 Å². The first-order valence-electron chi connectivity index (χ1n) is 7.89. The van der Waals surface area contributed by atoms with Crippen LogP contribution in [0.3, 0.4) is 0 Å². The third-order valence-electron chi connectivity index (χ3n) is 4.24. The minimum atomic E-state index is 0.310. The zero-order valence-corrected chi connectivity index (χ0v) is 14.0. The van der Waals surface area contributed by atoms with Crippen molar-refractivity contribution in [3.63, 3.8) is 0 Å². The first kappa shape index (κ1) is 16.4. The summed E-state index contributed by atoms with van der Waals surface area (Å²) < 4.78 is 5.13. The molecule has 0 bridgehead atoms. The molecule has 5 heteroatoms. The molecule has 1 aliphatic heterocycles. The highest BCUT2D eigenvalue weighted by molar-refractivity contribution is 7.09. The zero-order chi connectivity index (χ0) is 15.1. The van der Waals surface area contributed by atoms with Crippen molar-refractivity contribution < 1.29 is 9.53 Å². The van der Waals surface area contributed by atoms with Gasteiger partial charge in [-0.25, -0.2) is 4.98 Å². The van der Waals surface area contributed by atoms with Crippen molar-refractivity contribution in [3.05, 3.63) is 16.1 Å². The molecule has 0 aromatic carbocycles. The highest BCUT2D eigenvalue weighted by Crippen LogP contribution is 2.23. The summed E-state index contributed by atoms with van der Waals surface area (Å²) in [6.07, 6.45) is 7.09. The second-order valence-electron chi connectivity index (χ2n) is 5.73. The fraction of sp³-hybridized carbons (Fsp3) is 0.750. The molecule has 1 saturated heterocycles. The number of nitrogens with zero attached hydrogens (tertiary/aromatic N) is 2. The predicted octanol–water partition coefficient (Wildman–Crippen LogP) is 3.19. The van der Waals surface area contributed by atoms with Gasteiger partial charge in [-0.3, -0.25) is 4.79 Å². The summed E-state index contributed by atoms with van der Waals surface area (Å²) in [6, 6.07) is 0.420. The summed E-state index contributed by atoms with van der Waals surface area (Å²) in [5.74, 6) is 0.310. The second kappa shape index (κ2) is 8.49. The number of carbonyl (C=O) groups excluding carboxylic acids is 1. The number of methoxy groups -OCH3 is 1. The second-order valence-corrected chi connectivity index (χ2v) is 6.67. The maximum absolute atomic E-state index is 12.5. The summed E-state index contributed by atoms with van der Waals surface area (Å²) in [5, 5.41) is 0. The van der Waals surface area contributed by atoms with Crippen molar-refractivity contribution in [2.24, 2.45) is 0 Å². The van der Waals surface area contributed by atoms with Crippen molar-refractivity contribution in [1.82, 2.24) is 9.88 Å². The van der Waals surface area contributed by atoms with Crippen molar-refractivity contribution in [1.29, 1.82) is 0 Å². The number of aryl methyl sites for hydroxylation is 2. The standard InChI is InChI=1S/C16H26N2O2S/c1-13-15(21-12-17-13)8-9-16(19)18-10-4-3-6-14(18)7-5-11-20-2/h12,14H,3-11H2,1-2H3. The first-order valence-corrected chi connectivity index (χ1v) is 8.77. The van der Waals surface area contributed by atoms with Crippen LogP contribution >= 0.6 is 11.3 Å². The van der Waals surface area contributed by atoms with Crippen LogP contribution in [-0.2, 0) is 16.0 Å². The molecule has 0 spiro atoms. The lowest BCUT2D eigenvalue weighted by molar-refractivity contribution is -0.135. The molecular formula is C16H26N2O2S. The maximum Gasteiger partial charge on any atom is 0.223 e. The maximum atomic E-state index is 12.5. The van der Waals surface area contributed by atoms with Crippen molar-refractivity contribution in [3.8, 4) is 0 Å². The number of carbonyl (C=O) groups is 1. The van der Waals surface area contributed by atoms with Crippen LogP contribution in [-0.4, -0.2) is 42.1 Å². The average Bonchev–Trinajstić information content (AvgIpc) is 2.91. The van der Waals surface area contributed by atoms with E-state index in [1.807, 2.05) is 12.4 Å². The van der Waals surface area contributed by atoms with Gasteiger partial charge in [-0.05, 0) is 45.4 Å². The van der Waals surface area contributed by atoms with E-state index in [1.165, 1.54) is 11.3 Å². The molecule has 1 unspecified atom stereocenters. The molecule has 2 rings (SSSR count). The van der Waals surface area contributed by atoms with Gasteiger partial charge in [0.1, 0.15) is 0 Å². The molecule has 0 aliphatic carbocycles. The quantitative estimate of drug-likeness (QED) is 0.726. The number of amides is 1. The zero-order valence-electron chi connectivity index (χ0n) is 13.1. The molecule has 1 aromatic rings. The van der Waals surface area contributed by atoms with Crippen LogP contribution in [0.15, 0.2) is 5.51 Å². The fourth-order valence-corrected chi connectivity index (χ4v) is 3.80. The molecule has 1 amide bonds. The lowest BCUT2D eigenvalue weighted by Gasteiger charge is -2.36. The van der Waals surface area contributed by atoms with Crippen LogP contribution in [0.2, 0.25) is 0 Å². The molecule has 0 radical (unpaired) electrons. The van der Waals surface area contributed by atoms with Crippen LogP contribution in [0.4, 0.5) is 0 Å². The molecule has 1 aliphatic rings. The SMILES string of the molecule is COCCCC1CCCCN1C(=O)CCc1scnc1C. The molecule has 4 nitrogen and oxygen atoms in total. The Morgan fingerprint density at radius 2 is 2.38 bits per heavy atom. The minimum absolute atomic E-state index is 0.310. The van der Waals surface area contributed by atoms with E-state index in [-0.39, 0.29) is 0 Å². The number of thiazole rings is 1. The smallest absolute Gasteiger partial charge is 0.223 e. The Morgan fingerprint density at radius 3 is 3.10 bits per heavy atom. The highest BCUT2D eigenvalue weighted by Gasteiger charge is 2.26. The van der Waals surface area contributed by atoms with E-state index >= 15 is 0 Å². The third-order valence-corrected chi connectivity index (χ3v) is 5.24. The fourth-order valence-electron chi connectivity index (χ4n) is 3.02. The monoisotopic (exact) mass is 310 g/mol. The van der Waals surface area contributed by atoms with Crippen molar-refractivity contribution in [2.75, 3.05) is 20.3 Å². The molecule has 21 heavy (non-hydrogen) atoms. The van der Waals surface area contributed by atoms with Gasteiger partial charge >= 0.3 is 0 Å². The lowest BCUT2D eigenvalue weighted by atomic mass is 9.97. The van der Waals surface area contributed by atoms with Crippen LogP contribution in [0.25, 0.3) is 0 Å². The van der Waals surface area contributed by atoms with E-state index in [9.17, 15) is 4.79 Å². The van der Waals surface area contributed by atoms with Gasteiger partial charge in [-0.15, -0.1) is 11.3 Å². The van der Waals surface area contributed by atoms with E-state index in [0.717, 1.165) is 50.9 Å². The molecule has 0 N–H and O–H groups in total. The first-order chi connectivity index (χ1) is 10.2. The summed E-state index contributed by atoms with van der Waals surface area (Å²) in [6.45, 7) is 3.74. The van der Waals surface area contributed by atoms with Gasteiger partial charge in [0.05, 0.1) is 11.2 Å². The Kier molecular flexibility index (Phi) is 6.64. The highest BCUT2D eigenvalue weighted by atomic mass is 32.1. The van der Waals surface area contributed by atoms with Crippen LogP contribution in [0, 0.1) is 6.92 Å². The Morgan fingerprint density at radius 1 is 1.52 bits per heavy atom. The van der Waals surface area contributed by atoms with Crippen molar-refractivity contribution >= 4 is 17.2 Å². The number of piperidine rings is 1. The van der Waals surface area contributed by atoms with Crippen molar-refractivity contribution in [2.45, 2.75) is 57.9 Å². The number of ether oxygens (including phenoxy) is 1. The van der Waals surface area contributed by atoms with E-state index in [2.05, 4.69) is 9.88 Å².